The summed E-state index contributed by atoms with van der Waals surface area (Å²) >= 11 is 0. The van der Waals surface area contributed by atoms with Gasteiger partial charge in [0.25, 0.3) is 0 Å². The number of fused-ring (bicyclic) bond motifs is 5. The van der Waals surface area contributed by atoms with E-state index in [0.717, 1.165) is 48.3 Å². The molecule has 0 N–H and O–H groups in total. The van der Waals surface area contributed by atoms with Crippen LogP contribution in [0, 0.1) is 46.3 Å². The van der Waals surface area contributed by atoms with E-state index in [0.29, 0.717) is 11.2 Å². The summed E-state index contributed by atoms with van der Waals surface area (Å²) in [6.45, 7) is 12.4. The molecule has 0 radical (unpaired) electrons. The SMILES string of the molecule is CC(C)CCC[C@@H](C)C1CCC2C3C=CC4=CC(=O)CC[C@]4(C)C3CC[C@@]21C. The van der Waals surface area contributed by atoms with Crippen molar-refractivity contribution in [2.75, 3.05) is 0 Å². The van der Waals surface area contributed by atoms with Gasteiger partial charge in [-0.15, -0.1) is 0 Å². The Balaban J connectivity index is 1.53. The molecule has 0 amide bonds. The van der Waals surface area contributed by atoms with Crippen LogP contribution in [0.15, 0.2) is 23.8 Å². The van der Waals surface area contributed by atoms with E-state index in [2.05, 4.69) is 46.8 Å². The van der Waals surface area contributed by atoms with Crippen molar-refractivity contribution in [1.82, 2.24) is 0 Å². The van der Waals surface area contributed by atoms with Crippen LogP contribution in [0.3, 0.4) is 0 Å². The summed E-state index contributed by atoms with van der Waals surface area (Å²) in [4.78, 5) is 12.0. The van der Waals surface area contributed by atoms with Gasteiger partial charge in [-0.3, -0.25) is 4.79 Å². The molecule has 0 aromatic carbocycles. The molecule has 0 aromatic heterocycles. The van der Waals surface area contributed by atoms with Gasteiger partial charge in [-0.2, -0.15) is 0 Å². The minimum absolute atomic E-state index is 0.246. The van der Waals surface area contributed by atoms with Gasteiger partial charge in [0.2, 0.25) is 0 Å². The predicted octanol–water partition coefficient (Wildman–Crippen LogP) is 7.37. The molecule has 4 aliphatic carbocycles. The molecule has 4 unspecified atom stereocenters. The average molecular weight is 383 g/mol. The van der Waals surface area contributed by atoms with Crippen LogP contribution in [-0.2, 0) is 4.79 Å². The summed E-state index contributed by atoms with van der Waals surface area (Å²) in [7, 11) is 0. The van der Waals surface area contributed by atoms with Gasteiger partial charge in [0.1, 0.15) is 0 Å². The summed E-state index contributed by atoms with van der Waals surface area (Å²) in [6, 6.07) is 0. The molecule has 0 aliphatic heterocycles. The zero-order valence-corrected chi connectivity index (χ0v) is 19.0. The van der Waals surface area contributed by atoms with Crippen molar-refractivity contribution in [1.29, 1.82) is 0 Å². The Bertz CT molecular complexity index is 670. The van der Waals surface area contributed by atoms with Crippen LogP contribution in [0.4, 0.5) is 0 Å². The van der Waals surface area contributed by atoms with Crippen LogP contribution < -0.4 is 0 Å². The normalized spacial score (nSPS) is 43.4. The Hall–Kier alpha value is -0.850. The summed E-state index contributed by atoms with van der Waals surface area (Å²) < 4.78 is 0. The Morgan fingerprint density at radius 2 is 1.82 bits per heavy atom. The Kier molecular flexibility index (Phi) is 5.43. The minimum Gasteiger partial charge on any atom is -0.295 e. The molecular weight excluding hydrogens is 340 g/mol. The molecule has 156 valence electrons. The first-order chi connectivity index (χ1) is 13.3. The highest BCUT2D eigenvalue weighted by atomic mass is 16.1. The van der Waals surface area contributed by atoms with Gasteiger partial charge >= 0.3 is 0 Å². The van der Waals surface area contributed by atoms with Crippen molar-refractivity contribution >= 4 is 5.78 Å². The number of ketones is 1. The van der Waals surface area contributed by atoms with Crippen LogP contribution in [0.5, 0.6) is 0 Å². The number of carbonyl (C=O) groups excluding carboxylic acids is 1. The summed E-state index contributed by atoms with van der Waals surface area (Å²) in [5.41, 5.74) is 2.12. The van der Waals surface area contributed by atoms with Crippen molar-refractivity contribution < 1.29 is 4.79 Å². The highest BCUT2D eigenvalue weighted by Gasteiger charge is 2.58. The molecule has 0 heterocycles. The highest BCUT2D eigenvalue weighted by Crippen LogP contribution is 2.66. The first-order valence-corrected chi connectivity index (χ1v) is 12.2. The molecule has 2 fully saturated rings. The molecular formula is C27H42O. The first-order valence-electron chi connectivity index (χ1n) is 12.2. The summed E-state index contributed by atoms with van der Waals surface area (Å²) in [5, 5.41) is 0. The summed E-state index contributed by atoms with van der Waals surface area (Å²) in [6.07, 6.45) is 18.5. The third-order valence-corrected chi connectivity index (χ3v) is 9.72. The summed E-state index contributed by atoms with van der Waals surface area (Å²) in [5.74, 6) is 5.32. The average Bonchev–Trinajstić information content (AvgIpc) is 2.99. The smallest absolute Gasteiger partial charge is 0.156 e. The molecule has 0 aromatic rings. The number of hydrogen-bond donors (Lipinski definition) is 0. The largest absolute Gasteiger partial charge is 0.295 e. The molecule has 0 saturated heterocycles. The number of allylic oxidation sites excluding steroid dienone is 4. The number of rotatable bonds is 5. The lowest BCUT2D eigenvalue weighted by Gasteiger charge is -2.56. The first kappa shape index (κ1) is 20.4. The van der Waals surface area contributed by atoms with Crippen molar-refractivity contribution in [3.8, 4) is 0 Å². The van der Waals surface area contributed by atoms with Gasteiger partial charge in [0.15, 0.2) is 5.78 Å². The van der Waals surface area contributed by atoms with Gasteiger partial charge in [0.05, 0.1) is 0 Å². The van der Waals surface area contributed by atoms with E-state index in [-0.39, 0.29) is 5.41 Å². The van der Waals surface area contributed by atoms with Crippen LogP contribution in [0.2, 0.25) is 0 Å². The number of carbonyl (C=O) groups is 1. The lowest BCUT2D eigenvalue weighted by molar-refractivity contribution is -0.116. The molecule has 28 heavy (non-hydrogen) atoms. The van der Waals surface area contributed by atoms with Crippen LogP contribution in [0.25, 0.3) is 0 Å². The highest BCUT2D eigenvalue weighted by molar-refractivity contribution is 5.92. The maximum atomic E-state index is 12.0. The Morgan fingerprint density at radius 3 is 2.57 bits per heavy atom. The fraction of sp³-hybridized carbons (Fsp3) is 0.815. The van der Waals surface area contributed by atoms with E-state index in [9.17, 15) is 4.79 Å². The van der Waals surface area contributed by atoms with Gasteiger partial charge in [-0.05, 0) is 90.1 Å². The molecule has 4 aliphatic rings. The molecule has 2 saturated carbocycles. The van der Waals surface area contributed by atoms with E-state index in [1.165, 1.54) is 50.5 Å². The van der Waals surface area contributed by atoms with Crippen LogP contribution in [-0.4, -0.2) is 5.78 Å². The third kappa shape index (κ3) is 3.25. The van der Waals surface area contributed by atoms with Crippen molar-refractivity contribution in [2.24, 2.45) is 46.3 Å². The molecule has 4 rings (SSSR count). The molecule has 1 nitrogen and oxygen atoms in total. The topological polar surface area (TPSA) is 17.1 Å². The van der Waals surface area contributed by atoms with E-state index >= 15 is 0 Å². The van der Waals surface area contributed by atoms with Gasteiger partial charge in [-0.25, -0.2) is 0 Å². The predicted molar refractivity (Wildman–Crippen MR) is 118 cm³/mol. The molecule has 0 spiro atoms. The molecule has 0 bridgehead atoms. The minimum atomic E-state index is 0.246. The third-order valence-electron chi connectivity index (χ3n) is 9.72. The van der Waals surface area contributed by atoms with Crippen molar-refractivity contribution in [3.05, 3.63) is 23.8 Å². The fourth-order valence-corrected chi connectivity index (χ4v) is 8.02. The lowest BCUT2D eigenvalue weighted by Crippen LogP contribution is -2.49. The quantitative estimate of drug-likeness (QED) is 0.485. The zero-order valence-electron chi connectivity index (χ0n) is 19.0. The molecule has 7 atom stereocenters. The zero-order chi connectivity index (χ0) is 20.1. The van der Waals surface area contributed by atoms with Crippen LogP contribution in [0.1, 0.15) is 92.4 Å². The maximum Gasteiger partial charge on any atom is 0.156 e. The fourth-order valence-electron chi connectivity index (χ4n) is 8.02. The van der Waals surface area contributed by atoms with Crippen LogP contribution >= 0.6 is 0 Å². The standard InChI is InChI=1S/C27H42O/c1-18(2)7-6-8-19(3)23-11-12-24-22-10-9-20-17-21(28)13-15-26(20,4)25(22)14-16-27(23,24)5/h9-10,17-19,22-25H,6-8,11-16H2,1-5H3/t19-,22?,23?,24?,25?,26+,27-/m1/s1. The van der Waals surface area contributed by atoms with Gasteiger partial charge in [0, 0.05) is 6.42 Å². The van der Waals surface area contributed by atoms with Crippen molar-refractivity contribution in [3.63, 3.8) is 0 Å². The van der Waals surface area contributed by atoms with E-state index in [1.54, 1.807) is 0 Å². The van der Waals surface area contributed by atoms with E-state index in [4.69, 9.17) is 0 Å². The second kappa shape index (κ2) is 7.44. The monoisotopic (exact) mass is 382 g/mol. The van der Waals surface area contributed by atoms with Gasteiger partial charge < -0.3 is 0 Å². The van der Waals surface area contributed by atoms with Gasteiger partial charge in [-0.1, -0.05) is 66.0 Å². The molecule has 1 heteroatoms. The second-order valence-electron chi connectivity index (χ2n) is 11.7. The van der Waals surface area contributed by atoms with E-state index in [1.807, 2.05) is 6.08 Å². The Labute approximate surface area is 173 Å². The number of hydrogen-bond acceptors (Lipinski definition) is 1. The second-order valence-corrected chi connectivity index (χ2v) is 11.7. The van der Waals surface area contributed by atoms with E-state index < -0.39 is 0 Å². The lowest BCUT2D eigenvalue weighted by atomic mass is 9.48. The van der Waals surface area contributed by atoms with Crippen molar-refractivity contribution in [2.45, 2.75) is 92.4 Å². The maximum absolute atomic E-state index is 12.0. The Morgan fingerprint density at radius 1 is 1.04 bits per heavy atom.